The lowest BCUT2D eigenvalue weighted by molar-refractivity contribution is 0.292. The maximum absolute atomic E-state index is 13.3. The molecule has 0 radical (unpaired) electrons. The van der Waals surface area contributed by atoms with Crippen molar-refractivity contribution in [2.75, 3.05) is 18.0 Å². The average molecular weight is 309 g/mol. The Bertz CT molecular complexity index is 493. The molecule has 3 nitrogen and oxygen atoms in total. The molecule has 1 aliphatic heterocycles. The van der Waals surface area contributed by atoms with E-state index in [9.17, 15) is 8.78 Å². The number of nitrogens with one attached hydrogen (secondary N) is 1. The first-order chi connectivity index (χ1) is 10.6. The molecule has 0 unspecified atom stereocenters. The highest BCUT2D eigenvalue weighted by atomic mass is 19.2. The highest BCUT2D eigenvalue weighted by molar-refractivity contribution is 5.47. The van der Waals surface area contributed by atoms with Gasteiger partial charge in [0.2, 0.25) is 0 Å². The van der Waals surface area contributed by atoms with E-state index in [0.717, 1.165) is 44.5 Å². The fraction of sp³-hybridized carbons (Fsp3) is 0.647. The molecule has 1 aromatic carbocycles. The standard InChI is InChI=1S/C17H25F2N3/c18-16-6-5-15(11-17(16)19)22-9-7-14(8-10-22)21-13-3-1-12(20)2-4-13/h5-6,11-14,21H,1-4,7-10,20H2. The van der Waals surface area contributed by atoms with Crippen LogP contribution < -0.4 is 16.0 Å². The molecule has 0 spiro atoms. The minimum atomic E-state index is -0.782. The Balaban J connectivity index is 1.48. The van der Waals surface area contributed by atoms with Crippen molar-refractivity contribution in [3.05, 3.63) is 29.8 Å². The van der Waals surface area contributed by atoms with Crippen LogP contribution in [0.1, 0.15) is 38.5 Å². The Kier molecular flexibility index (Phi) is 4.93. The molecule has 3 rings (SSSR count). The SMILES string of the molecule is NC1CCC(NC2CCN(c3ccc(F)c(F)c3)CC2)CC1. The number of benzene rings is 1. The zero-order chi connectivity index (χ0) is 15.5. The topological polar surface area (TPSA) is 41.3 Å². The summed E-state index contributed by atoms with van der Waals surface area (Å²) in [5.41, 5.74) is 6.72. The summed E-state index contributed by atoms with van der Waals surface area (Å²) in [7, 11) is 0. The quantitative estimate of drug-likeness (QED) is 0.902. The Morgan fingerprint density at radius 2 is 1.55 bits per heavy atom. The van der Waals surface area contributed by atoms with Crippen molar-refractivity contribution in [1.82, 2.24) is 5.32 Å². The van der Waals surface area contributed by atoms with Gasteiger partial charge in [0, 0.05) is 43.0 Å². The zero-order valence-corrected chi connectivity index (χ0v) is 12.9. The number of anilines is 1. The number of piperidine rings is 1. The molecule has 1 heterocycles. The molecule has 122 valence electrons. The zero-order valence-electron chi connectivity index (χ0n) is 12.9. The number of hydrogen-bond acceptors (Lipinski definition) is 3. The Morgan fingerprint density at radius 3 is 2.18 bits per heavy atom. The third kappa shape index (κ3) is 3.76. The number of rotatable bonds is 3. The third-order valence-electron chi connectivity index (χ3n) is 5.01. The smallest absolute Gasteiger partial charge is 0.160 e. The van der Waals surface area contributed by atoms with Gasteiger partial charge < -0.3 is 16.0 Å². The van der Waals surface area contributed by atoms with Crippen LogP contribution in [0.25, 0.3) is 0 Å². The Labute approximate surface area is 130 Å². The van der Waals surface area contributed by atoms with Crippen molar-refractivity contribution in [2.24, 2.45) is 5.73 Å². The minimum Gasteiger partial charge on any atom is -0.371 e. The number of nitrogens with zero attached hydrogens (tertiary/aromatic N) is 1. The molecule has 0 atom stereocenters. The van der Waals surface area contributed by atoms with Gasteiger partial charge >= 0.3 is 0 Å². The number of halogens is 2. The molecule has 2 aliphatic rings. The van der Waals surface area contributed by atoms with Crippen LogP contribution in [0.3, 0.4) is 0 Å². The van der Waals surface area contributed by atoms with E-state index in [4.69, 9.17) is 5.73 Å². The molecule has 1 saturated heterocycles. The van der Waals surface area contributed by atoms with E-state index in [-0.39, 0.29) is 0 Å². The van der Waals surface area contributed by atoms with Gasteiger partial charge in [-0.05, 0) is 50.7 Å². The van der Waals surface area contributed by atoms with Crippen molar-refractivity contribution >= 4 is 5.69 Å². The summed E-state index contributed by atoms with van der Waals surface area (Å²) >= 11 is 0. The summed E-state index contributed by atoms with van der Waals surface area (Å²) in [6.45, 7) is 1.77. The monoisotopic (exact) mass is 309 g/mol. The second-order valence-electron chi connectivity index (χ2n) is 6.64. The first kappa shape index (κ1) is 15.7. The number of hydrogen-bond donors (Lipinski definition) is 2. The molecule has 0 amide bonds. The summed E-state index contributed by atoms with van der Waals surface area (Å²) in [6, 6.07) is 5.68. The van der Waals surface area contributed by atoms with Crippen molar-refractivity contribution in [1.29, 1.82) is 0 Å². The van der Waals surface area contributed by atoms with Gasteiger partial charge in [0.25, 0.3) is 0 Å². The molecule has 1 aromatic rings. The van der Waals surface area contributed by atoms with Gasteiger partial charge in [0.05, 0.1) is 0 Å². The van der Waals surface area contributed by atoms with E-state index in [1.807, 2.05) is 0 Å². The largest absolute Gasteiger partial charge is 0.371 e. The maximum atomic E-state index is 13.3. The van der Waals surface area contributed by atoms with E-state index in [1.54, 1.807) is 6.07 Å². The average Bonchev–Trinajstić information content (AvgIpc) is 2.53. The van der Waals surface area contributed by atoms with E-state index in [2.05, 4.69) is 10.2 Å². The van der Waals surface area contributed by atoms with Gasteiger partial charge in [0.1, 0.15) is 0 Å². The van der Waals surface area contributed by atoms with Crippen LogP contribution in [-0.2, 0) is 0 Å². The molecule has 1 saturated carbocycles. The van der Waals surface area contributed by atoms with Crippen LogP contribution in [0.15, 0.2) is 18.2 Å². The van der Waals surface area contributed by atoms with Crippen molar-refractivity contribution in [3.8, 4) is 0 Å². The first-order valence-electron chi connectivity index (χ1n) is 8.33. The van der Waals surface area contributed by atoms with Gasteiger partial charge in [0.15, 0.2) is 11.6 Å². The summed E-state index contributed by atoms with van der Waals surface area (Å²) < 4.78 is 26.3. The number of nitrogens with two attached hydrogens (primary N) is 1. The Morgan fingerprint density at radius 1 is 0.909 bits per heavy atom. The van der Waals surface area contributed by atoms with Gasteiger partial charge in [-0.1, -0.05) is 0 Å². The molecule has 22 heavy (non-hydrogen) atoms. The summed E-state index contributed by atoms with van der Waals surface area (Å²) in [4.78, 5) is 2.14. The fourth-order valence-electron chi connectivity index (χ4n) is 3.61. The Hall–Kier alpha value is -1.20. The normalized spacial score (nSPS) is 27.1. The second kappa shape index (κ2) is 6.92. The summed E-state index contributed by atoms with van der Waals surface area (Å²) in [5, 5.41) is 3.75. The first-order valence-corrected chi connectivity index (χ1v) is 8.33. The lowest BCUT2D eigenvalue weighted by Gasteiger charge is -2.37. The van der Waals surface area contributed by atoms with E-state index >= 15 is 0 Å². The van der Waals surface area contributed by atoms with Crippen LogP contribution in [0, 0.1) is 11.6 Å². The highest BCUT2D eigenvalue weighted by Gasteiger charge is 2.24. The maximum Gasteiger partial charge on any atom is 0.160 e. The van der Waals surface area contributed by atoms with Crippen LogP contribution in [0.4, 0.5) is 14.5 Å². The highest BCUT2D eigenvalue weighted by Crippen LogP contribution is 2.24. The van der Waals surface area contributed by atoms with Gasteiger partial charge in [-0.2, -0.15) is 0 Å². The molecular formula is C17H25F2N3. The van der Waals surface area contributed by atoms with Gasteiger partial charge in [-0.25, -0.2) is 8.78 Å². The molecule has 0 bridgehead atoms. The molecule has 2 fully saturated rings. The van der Waals surface area contributed by atoms with Crippen LogP contribution in [0.2, 0.25) is 0 Å². The van der Waals surface area contributed by atoms with Crippen LogP contribution >= 0.6 is 0 Å². The third-order valence-corrected chi connectivity index (χ3v) is 5.01. The molecular weight excluding hydrogens is 284 g/mol. The van der Waals surface area contributed by atoms with E-state index in [1.165, 1.54) is 25.0 Å². The molecule has 3 N–H and O–H groups in total. The minimum absolute atomic E-state index is 0.383. The predicted octanol–water partition coefficient (Wildman–Crippen LogP) is 2.79. The van der Waals surface area contributed by atoms with Gasteiger partial charge in [-0.15, -0.1) is 0 Å². The predicted molar refractivity (Wildman–Crippen MR) is 85.0 cm³/mol. The molecule has 5 heteroatoms. The van der Waals surface area contributed by atoms with Crippen LogP contribution in [0.5, 0.6) is 0 Å². The van der Waals surface area contributed by atoms with E-state index < -0.39 is 11.6 Å². The molecule has 0 aromatic heterocycles. The van der Waals surface area contributed by atoms with Crippen molar-refractivity contribution < 1.29 is 8.78 Å². The fourth-order valence-corrected chi connectivity index (χ4v) is 3.61. The second-order valence-corrected chi connectivity index (χ2v) is 6.64. The van der Waals surface area contributed by atoms with Gasteiger partial charge in [-0.3, -0.25) is 0 Å². The van der Waals surface area contributed by atoms with Crippen molar-refractivity contribution in [3.63, 3.8) is 0 Å². The summed E-state index contributed by atoms with van der Waals surface area (Å²) in [6.07, 6.45) is 6.66. The lowest BCUT2D eigenvalue weighted by Crippen LogP contribution is -2.48. The van der Waals surface area contributed by atoms with E-state index in [0.29, 0.717) is 18.1 Å². The van der Waals surface area contributed by atoms with Crippen LogP contribution in [-0.4, -0.2) is 31.2 Å². The lowest BCUT2D eigenvalue weighted by atomic mass is 9.90. The molecule has 1 aliphatic carbocycles. The summed E-state index contributed by atoms with van der Waals surface area (Å²) in [5.74, 6) is -1.55. The van der Waals surface area contributed by atoms with Crippen molar-refractivity contribution in [2.45, 2.75) is 56.7 Å².